The number of halogens is 1. The summed E-state index contributed by atoms with van der Waals surface area (Å²) in [5.41, 5.74) is -0.375. The smallest absolute Gasteiger partial charge is 0.260 e. The highest BCUT2D eigenvalue weighted by Crippen LogP contribution is 2.22. The summed E-state index contributed by atoms with van der Waals surface area (Å²) in [6.45, 7) is 0.666. The molecule has 0 aliphatic carbocycles. The van der Waals surface area contributed by atoms with Crippen molar-refractivity contribution < 1.29 is 22.7 Å². The van der Waals surface area contributed by atoms with E-state index in [1.54, 1.807) is 0 Å². The number of aromatic hydroxyl groups is 1. The van der Waals surface area contributed by atoms with Crippen molar-refractivity contribution in [3.8, 4) is 5.75 Å². The van der Waals surface area contributed by atoms with Gasteiger partial charge in [0.2, 0.25) is 10.0 Å². The predicted molar refractivity (Wildman–Crippen MR) is 70.4 cm³/mol. The minimum atomic E-state index is -3.28. The molecule has 0 atom stereocenters. The van der Waals surface area contributed by atoms with Crippen LogP contribution in [0.15, 0.2) is 18.2 Å². The molecular formula is C12H15FN2O4S. The van der Waals surface area contributed by atoms with Crippen molar-refractivity contribution in [2.75, 3.05) is 32.4 Å². The van der Waals surface area contributed by atoms with Gasteiger partial charge < -0.3 is 10.0 Å². The van der Waals surface area contributed by atoms with Crippen LogP contribution in [0.25, 0.3) is 0 Å². The van der Waals surface area contributed by atoms with Crippen molar-refractivity contribution in [2.24, 2.45) is 0 Å². The second kappa shape index (κ2) is 5.37. The maximum atomic E-state index is 13.6. The molecule has 0 spiro atoms. The first-order valence-corrected chi connectivity index (χ1v) is 7.87. The molecule has 1 fully saturated rings. The number of phenols is 1. The van der Waals surface area contributed by atoms with Gasteiger partial charge in [-0.25, -0.2) is 12.8 Å². The van der Waals surface area contributed by atoms with Crippen molar-refractivity contribution in [1.82, 2.24) is 9.21 Å². The molecule has 0 aromatic heterocycles. The number of phenolic OH excluding ortho intramolecular Hbond substituents is 1. The Morgan fingerprint density at radius 2 is 1.85 bits per heavy atom. The van der Waals surface area contributed by atoms with Gasteiger partial charge in [-0.05, 0) is 12.1 Å². The molecule has 1 aliphatic rings. The van der Waals surface area contributed by atoms with E-state index in [1.165, 1.54) is 21.3 Å². The maximum Gasteiger partial charge on any atom is 0.260 e. The lowest BCUT2D eigenvalue weighted by Gasteiger charge is -2.33. The molecule has 20 heavy (non-hydrogen) atoms. The number of hydrogen-bond acceptors (Lipinski definition) is 4. The van der Waals surface area contributed by atoms with E-state index in [1.807, 2.05) is 0 Å². The van der Waals surface area contributed by atoms with Crippen molar-refractivity contribution >= 4 is 15.9 Å². The lowest BCUT2D eigenvalue weighted by Crippen LogP contribution is -2.50. The zero-order valence-electron chi connectivity index (χ0n) is 10.9. The molecule has 0 radical (unpaired) electrons. The number of amides is 1. The predicted octanol–water partition coefficient (Wildman–Crippen LogP) is 0.249. The molecule has 1 heterocycles. The summed E-state index contributed by atoms with van der Waals surface area (Å²) in [4.78, 5) is 13.5. The topological polar surface area (TPSA) is 77.9 Å². The summed E-state index contributed by atoms with van der Waals surface area (Å²) < 4.78 is 37.6. The molecule has 1 aromatic carbocycles. The Morgan fingerprint density at radius 1 is 1.25 bits per heavy atom. The van der Waals surface area contributed by atoms with Crippen molar-refractivity contribution in [3.63, 3.8) is 0 Å². The Balaban J connectivity index is 2.13. The molecule has 2 rings (SSSR count). The molecule has 0 bridgehead atoms. The molecular weight excluding hydrogens is 287 g/mol. The third-order valence-corrected chi connectivity index (χ3v) is 4.50. The summed E-state index contributed by atoms with van der Waals surface area (Å²) in [5.74, 6) is -1.84. The average Bonchev–Trinajstić information content (AvgIpc) is 2.37. The van der Waals surface area contributed by atoms with Gasteiger partial charge in [-0.3, -0.25) is 4.79 Å². The summed E-state index contributed by atoms with van der Waals surface area (Å²) in [6.07, 6.45) is 1.10. The van der Waals surface area contributed by atoms with Crippen molar-refractivity contribution in [2.45, 2.75) is 0 Å². The molecule has 110 valence electrons. The minimum Gasteiger partial charge on any atom is -0.507 e. The van der Waals surface area contributed by atoms with Crippen molar-refractivity contribution in [3.05, 3.63) is 29.6 Å². The third kappa shape index (κ3) is 2.91. The van der Waals surface area contributed by atoms with Crippen LogP contribution in [-0.2, 0) is 10.0 Å². The van der Waals surface area contributed by atoms with Crippen LogP contribution in [0, 0.1) is 5.82 Å². The van der Waals surface area contributed by atoms with Gasteiger partial charge >= 0.3 is 0 Å². The Hall–Kier alpha value is -1.67. The number of sulfonamides is 1. The lowest BCUT2D eigenvalue weighted by atomic mass is 10.1. The summed E-state index contributed by atoms with van der Waals surface area (Å²) in [7, 11) is -3.28. The van der Waals surface area contributed by atoms with E-state index in [9.17, 15) is 22.7 Å². The van der Waals surface area contributed by atoms with Crippen LogP contribution in [-0.4, -0.2) is 61.1 Å². The van der Waals surface area contributed by atoms with E-state index in [0.29, 0.717) is 0 Å². The molecule has 1 N–H and O–H groups in total. The second-order valence-electron chi connectivity index (χ2n) is 4.59. The quantitative estimate of drug-likeness (QED) is 0.849. The van der Waals surface area contributed by atoms with Gasteiger partial charge in [0.05, 0.1) is 6.26 Å². The maximum absolute atomic E-state index is 13.6. The number of nitrogens with zero attached hydrogens (tertiary/aromatic N) is 2. The van der Waals surface area contributed by atoms with Crippen LogP contribution in [0.5, 0.6) is 5.75 Å². The first kappa shape index (κ1) is 14.7. The fourth-order valence-electron chi connectivity index (χ4n) is 2.11. The van der Waals surface area contributed by atoms with Crippen molar-refractivity contribution in [1.29, 1.82) is 0 Å². The minimum absolute atomic E-state index is 0.166. The van der Waals surface area contributed by atoms with Crippen LogP contribution in [0.2, 0.25) is 0 Å². The fourth-order valence-corrected chi connectivity index (χ4v) is 2.93. The molecule has 1 saturated heterocycles. The average molecular weight is 302 g/mol. The fraction of sp³-hybridized carbons (Fsp3) is 0.417. The number of piperazine rings is 1. The van der Waals surface area contributed by atoms with Gasteiger partial charge in [0.15, 0.2) is 0 Å². The lowest BCUT2D eigenvalue weighted by molar-refractivity contribution is 0.0690. The van der Waals surface area contributed by atoms with E-state index in [-0.39, 0.29) is 31.7 Å². The molecule has 6 nitrogen and oxygen atoms in total. The van der Waals surface area contributed by atoms with E-state index < -0.39 is 27.5 Å². The number of carbonyl (C=O) groups is 1. The first-order valence-electron chi connectivity index (χ1n) is 6.02. The number of carbonyl (C=O) groups excluding carboxylic acids is 1. The first-order chi connectivity index (χ1) is 9.30. The van der Waals surface area contributed by atoms with Gasteiger partial charge in [-0.2, -0.15) is 4.31 Å². The highest BCUT2D eigenvalue weighted by atomic mass is 32.2. The molecule has 1 aromatic rings. The normalized spacial score (nSPS) is 17.2. The van der Waals surface area contributed by atoms with Gasteiger partial charge in [0.25, 0.3) is 5.91 Å². The molecule has 1 amide bonds. The number of hydrogen-bond donors (Lipinski definition) is 1. The van der Waals surface area contributed by atoms with E-state index >= 15 is 0 Å². The van der Waals surface area contributed by atoms with E-state index in [4.69, 9.17) is 0 Å². The zero-order chi connectivity index (χ0) is 14.9. The summed E-state index contributed by atoms with van der Waals surface area (Å²) in [6, 6.07) is 3.64. The van der Waals surface area contributed by atoms with Crippen LogP contribution in [0.4, 0.5) is 4.39 Å². The monoisotopic (exact) mass is 302 g/mol. The van der Waals surface area contributed by atoms with Gasteiger partial charge in [0, 0.05) is 26.2 Å². The molecule has 0 unspecified atom stereocenters. The molecule has 8 heteroatoms. The van der Waals surface area contributed by atoms with Gasteiger partial charge in [-0.15, -0.1) is 0 Å². The van der Waals surface area contributed by atoms with E-state index in [2.05, 4.69) is 0 Å². The van der Waals surface area contributed by atoms with Crippen LogP contribution < -0.4 is 0 Å². The highest BCUT2D eigenvalue weighted by molar-refractivity contribution is 7.88. The highest BCUT2D eigenvalue weighted by Gasteiger charge is 2.29. The van der Waals surface area contributed by atoms with Crippen LogP contribution >= 0.6 is 0 Å². The van der Waals surface area contributed by atoms with Crippen LogP contribution in [0.1, 0.15) is 10.4 Å². The SMILES string of the molecule is CS(=O)(=O)N1CCN(C(=O)c2c(O)cccc2F)CC1. The summed E-state index contributed by atoms with van der Waals surface area (Å²) >= 11 is 0. The molecule has 1 aliphatic heterocycles. The molecule has 0 saturated carbocycles. The number of benzene rings is 1. The second-order valence-corrected chi connectivity index (χ2v) is 6.57. The van der Waals surface area contributed by atoms with Crippen LogP contribution in [0.3, 0.4) is 0 Å². The largest absolute Gasteiger partial charge is 0.507 e. The Kier molecular flexibility index (Phi) is 3.96. The summed E-state index contributed by atoms with van der Waals surface area (Å²) in [5, 5.41) is 9.58. The third-order valence-electron chi connectivity index (χ3n) is 3.20. The van der Waals surface area contributed by atoms with Gasteiger partial charge in [0.1, 0.15) is 17.1 Å². The Bertz CT molecular complexity index is 604. The van der Waals surface area contributed by atoms with E-state index in [0.717, 1.165) is 12.3 Å². The zero-order valence-corrected chi connectivity index (χ0v) is 11.7. The number of rotatable bonds is 2. The Morgan fingerprint density at radius 3 is 2.35 bits per heavy atom. The van der Waals surface area contributed by atoms with Gasteiger partial charge in [-0.1, -0.05) is 6.07 Å². The standard InChI is InChI=1S/C12H15FN2O4S/c1-20(18,19)15-7-5-14(6-8-15)12(17)11-9(13)3-2-4-10(11)16/h2-4,16H,5-8H2,1H3. The Labute approximate surface area is 116 Å².